The molecule has 128 valence electrons. The number of nitrogens with zero attached hydrogens (tertiary/aromatic N) is 4. The molecule has 0 atom stereocenters. The Morgan fingerprint density at radius 3 is 2.50 bits per heavy atom. The van der Waals surface area contributed by atoms with E-state index in [-0.39, 0.29) is 36.2 Å². The van der Waals surface area contributed by atoms with E-state index in [1.165, 1.54) is 14.1 Å². The molecule has 1 amide bonds. The van der Waals surface area contributed by atoms with Gasteiger partial charge in [0.2, 0.25) is 6.54 Å². The van der Waals surface area contributed by atoms with Crippen LogP contribution in [-0.2, 0) is 25.4 Å². The van der Waals surface area contributed by atoms with Crippen molar-refractivity contribution in [2.75, 3.05) is 5.73 Å². The van der Waals surface area contributed by atoms with Crippen LogP contribution in [0, 0.1) is 0 Å². The molecule has 0 bridgehead atoms. The molecule has 24 heavy (non-hydrogen) atoms. The van der Waals surface area contributed by atoms with Crippen molar-refractivity contribution in [3.8, 4) is 0 Å². The number of hydrogen-bond acceptors (Lipinski definition) is 5. The molecular weight excluding hydrogens is 336 g/mol. The van der Waals surface area contributed by atoms with Crippen LogP contribution >= 0.6 is 0 Å². The van der Waals surface area contributed by atoms with Gasteiger partial charge in [-0.1, -0.05) is 6.07 Å². The maximum absolute atomic E-state index is 12.0. The molecule has 0 aliphatic rings. The minimum Gasteiger partial charge on any atom is -1.00 e. The summed E-state index contributed by atoms with van der Waals surface area (Å²) in [6, 6.07) is 5.43. The van der Waals surface area contributed by atoms with Gasteiger partial charge in [0.15, 0.2) is 12.4 Å². The fraction of sp³-hybridized carbons (Fsp3) is 0.214. The molecular formula is C14H17ClN6O3. The monoisotopic (exact) mass is 352 g/mol. The summed E-state index contributed by atoms with van der Waals surface area (Å²) in [7, 11) is 2.78. The normalized spacial score (nSPS) is 10.4. The summed E-state index contributed by atoms with van der Waals surface area (Å²) < 4.78 is 3.72. The lowest BCUT2D eigenvalue weighted by Crippen LogP contribution is -3.00. The number of nitrogens with two attached hydrogens (primary N) is 1. The lowest BCUT2D eigenvalue weighted by atomic mass is 10.3. The first-order chi connectivity index (χ1) is 10.9. The predicted molar refractivity (Wildman–Crippen MR) is 83.7 cm³/mol. The van der Waals surface area contributed by atoms with E-state index in [0.29, 0.717) is 0 Å². The number of nitrogen functional groups attached to an aromatic ring is 1. The number of amides is 1. The first kappa shape index (κ1) is 19.1. The summed E-state index contributed by atoms with van der Waals surface area (Å²) in [6.45, 7) is 0.0823. The molecule has 0 saturated carbocycles. The van der Waals surface area contributed by atoms with Crippen LogP contribution in [0.5, 0.6) is 0 Å². The number of carbonyl (C=O) groups excluding carboxylic acids is 1. The van der Waals surface area contributed by atoms with E-state index < -0.39 is 11.2 Å². The van der Waals surface area contributed by atoms with E-state index in [1.807, 2.05) is 6.07 Å². The number of nitrogens with one attached hydrogen (secondary N) is 1. The summed E-state index contributed by atoms with van der Waals surface area (Å²) in [5.74, 6) is -0.383. The van der Waals surface area contributed by atoms with Crippen molar-refractivity contribution in [3.63, 3.8) is 0 Å². The summed E-state index contributed by atoms with van der Waals surface area (Å²) in [5.41, 5.74) is 6.96. The summed E-state index contributed by atoms with van der Waals surface area (Å²) in [6.07, 6.45) is 4.61. The smallest absolute Gasteiger partial charge is 0.332 e. The molecule has 0 radical (unpaired) electrons. The maximum Gasteiger partial charge on any atom is 0.332 e. The molecule has 2 rings (SSSR count). The number of anilines is 1. The van der Waals surface area contributed by atoms with Crippen molar-refractivity contribution in [2.24, 2.45) is 19.2 Å². The Balaban J connectivity index is 0.00000288. The molecule has 0 saturated heterocycles. The Kier molecular flexibility index (Phi) is 6.42. The van der Waals surface area contributed by atoms with Crippen LogP contribution in [0.3, 0.4) is 0 Å². The first-order valence-electron chi connectivity index (χ1n) is 6.73. The van der Waals surface area contributed by atoms with E-state index in [9.17, 15) is 14.4 Å². The van der Waals surface area contributed by atoms with Crippen LogP contribution < -0.4 is 39.4 Å². The minimum absolute atomic E-state index is 0. The largest absolute Gasteiger partial charge is 1.00 e. The van der Waals surface area contributed by atoms with Crippen molar-refractivity contribution >= 4 is 17.9 Å². The number of pyridine rings is 1. The fourth-order valence-corrected chi connectivity index (χ4v) is 1.92. The van der Waals surface area contributed by atoms with Gasteiger partial charge in [0, 0.05) is 26.2 Å². The van der Waals surface area contributed by atoms with Crippen molar-refractivity contribution in [3.05, 3.63) is 57.0 Å². The summed E-state index contributed by atoms with van der Waals surface area (Å²) in [5, 5.41) is 3.72. The van der Waals surface area contributed by atoms with Gasteiger partial charge in [-0.15, -0.1) is 0 Å². The molecule has 9 nitrogen and oxygen atoms in total. The average molecular weight is 353 g/mol. The first-order valence-corrected chi connectivity index (χ1v) is 6.73. The second-order valence-corrected chi connectivity index (χ2v) is 4.85. The SMILES string of the molecule is Cn1c(N)c(/C=N/NC(=O)C[n+]2ccccc2)c(=O)n(C)c1=O.[Cl-]. The van der Waals surface area contributed by atoms with Gasteiger partial charge in [0.1, 0.15) is 11.4 Å². The Labute approximate surface area is 143 Å². The lowest BCUT2D eigenvalue weighted by molar-refractivity contribution is -0.684. The summed E-state index contributed by atoms with van der Waals surface area (Å²) in [4.78, 5) is 35.4. The molecule has 0 aliphatic heterocycles. The second-order valence-electron chi connectivity index (χ2n) is 4.85. The van der Waals surface area contributed by atoms with Crippen molar-refractivity contribution in [2.45, 2.75) is 6.54 Å². The second kappa shape index (κ2) is 8.06. The lowest BCUT2D eigenvalue weighted by Gasteiger charge is -2.08. The molecule has 2 aromatic rings. The van der Waals surface area contributed by atoms with Gasteiger partial charge in [-0.25, -0.2) is 10.2 Å². The number of hydrogen-bond donors (Lipinski definition) is 2. The van der Waals surface area contributed by atoms with Crippen molar-refractivity contribution in [1.82, 2.24) is 14.6 Å². The van der Waals surface area contributed by atoms with E-state index in [4.69, 9.17) is 5.73 Å². The van der Waals surface area contributed by atoms with Gasteiger partial charge in [-0.3, -0.25) is 18.7 Å². The zero-order chi connectivity index (χ0) is 17.0. The summed E-state index contributed by atoms with van der Waals surface area (Å²) >= 11 is 0. The van der Waals surface area contributed by atoms with E-state index in [2.05, 4.69) is 10.5 Å². The van der Waals surface area contributed by atoms with Gasteiger partial charge in [-0.05, 0) is 0 Å². The predicted octanol–water partition coefficient (Wildman–Crippen LogP) is -4.89. The van der Waals surface area contributed by atoms with E-state index in [0.717, 1.165) is 15.3 Å². The third-order valence-electron chi connectivity index (χ3n) is 3.23. The standard InChI is InChI=1S/C14H16N6O3.ClH/c1-18-12(15)10(13(22)19(2)14(18)23)8-16-17-11(21)9-20-6-4-3-5-7-20;/h3-8H,9H2,1-2H3,(H2-,15,16,17,21,22);1H. The fourth-order valence-electron chi connectivity index (χ4n) is 1.92. The quantitative estimate of drug-likeness (QED) is 0.326. The van der Waals surface area contributed by atoms with Crippen LogP contribution in [0.1, 0.15) is 5.56 Å². The van der Waals surface area contributed by atoms with Gasteiger partial charge >= 0.3 is 11.6 Å². The Hall–Kier alpha value is -2.94. The third-order valence-corrected chi connectivity index (χ3v) is 3.23. The molecule has 0 spiro atoms. The van der Waals surface area contributed by atoms with E-state index >= 15 is 0 Å². The highest BCUT2D eigenvalue weighted by atomic mass is 35.5. The molecule has 0 aliphatic carbocycles. The molecule has 0 aromatic carbocycles. The molecule has 3 N–H and O–H groups in total. The topological polar surface area (TPSA) is 115 Å². The Morgan fingerprint density at radius 1 is 1.25 bits per heavy atom. The zero-order valence-corrected chi connectivity index (χ0v) is 13.9. The van der Waals surface area contributed by atoms with Crippen LogP contribution in [-0.4, -0.2) is 21.3 Å². The van der Waals surface area contributed by atoms with Gasteiger partial charge in [0.25, 0.3) is 5.56 Å². The van der Waals surface area contributed by atoms with Crippen LogP contribution in [0.4, 0.5) is 5.82 Å². The van der Waals surface area contributed by atoms with Crippen molar-refractivity contribution < 1.29 is 21.8 Å². The zero-order valence-electron chi connectivity index (χ0n) is 13.1. The highest BCUT2D eigenvalue weighted by Gasteiger charge is 2.12. The number of halogens is 1. The Morgan fingerprint density at radius 2 is 1.88 bits per heavy atom. The van der Waals surface area contributed by atoms with Crippen LogP contribution in [0.25, 0.3) is 0 Å². The molecule has 0 unspecified atom stereocenters. The van der Waals surface area contributed by atoms with E-state index in [1.54, 1.807) is 29.1 Å². The number of aromatic nitrogens is 3. The minimum atomic E-state index is -0.582. The number of hydrazone groups is 1. The maximum atomic E-state index is 12.0. The highest BCUT2D eigenvalue weighted by molar-refractivity contribution is 5.86. The molecule has 2 aromatic heterocycles. The van der Waals surface area contributed by atoms with Crippen LogP contribution in [0.15, 0.2) is 45.3 Å². The molecule has 10 heteroatoms. The molecule has 0 fully saturated rings. The van der Waals surface area contributed by atoms with Crippen molar-refractivity contribution in [1.29, 1.82) is 0 Å². The van der Waals surface area contributed by atoms with Gasteiger partial charge in [-0.2, -0.15) is 9.67 Å². The average Bonchev–Trinajstić information content (AvgIpc) is 2.55. The van der Waals surface area contributed by atoms with Gasteiger partial charge in [0.05, 0.1) is 6.21 Å². The number of rotatable bonds is 4. The third kappa shape index (κ3) is 4.07. The number of carbonyl (C=O) groups is 1. The highest BCUT2D eigenvalue weighted by Crippen LogP contribution is 1.98. The van der Waals surface area contributed by atoms with Gasteiger partial charge < -0.3 is 18.1 Å². The molecule has 2 heterocycles. The Bertz CT molecular complexity index is 873. The van der Waals surface area contributed by atoms with Crippen LogP contribution in [0.2, 0.25) is 0 Å².